The van der Waals surface area contributed by atoms with Gasteiger partial charge in [0.15, 0.2) is 0 Å². The lowest BCUT2D eigenvalue weighted by molar-refractivity contribution is -0.384. The standard InChI is InChI=1S/C17H22N2O5/c1-2-3-4-5-10-24-17(21)12-18-15-8-7-14(19(22)23)11-13(15)6-9-16(18)20/h7-8,11H,2-6,9-10,12H2,1H3. The molecule has 7 nitrogen and oxygen atoms in total. The van der Waals surface area contributed by atoms with E-state index in [1.165, 1.54) is 23.1 Å². The number of aryl methyl sites for hydroxylation is 1. The number of esters is 1. The highest BCUT2D eigenvalue weighted by Crippen LogP contribution is 2.30. The summed E-state index contributed by atoms with van der Waals surface area (Å²) in [5, 5.41) is 10.9. The van der Waals surface area contributed by atoms with Gasteiger partial charge in [-0.3, -0.25) is 19.7 Å². The van der Waals surface area contributed by atoms with E-state index in [1.807, 2.05) is 0 Å². The highest BCUT2D eigenvalue weighted by atomic mass is 16.6. The number of carbonyl (C=O) groups is 2. The van der Waals surface area contributed by atoms with Crippen LogP contribution in [-0.4, -0.2) is 30.0 Å². The fraction of sp³-hybridized carbons (Fsp3) is 0.529. The van der Waals surface area contributed by atoms with Crippen molar-refractivity contribution in [2.24, 2.45) is 0 Å². The summed E-state index contributed by atoms with van der Waals surface area (Å²) in [6.45, 7) is 2.31. The van der Waals surface area contributed by atoms with Crippen LogP contribution in [0.2, 0.25) is 0 Å². The third-order valence-electron chi connectivity index (χ3n) is 4.02. The molecule has 0 saturated carbocycles. The van der Waals surface area contributed by atoms with Gasteiger partial charge in [0.1, 0.15) is 6.54 Å². The molecule has 1 heterocycles. The van der Waals surface area contributed by atoms with Crippen LogP contribution in [0, 0.1) is 10.1 Å². The molecular weight excluding hydrogens is 312 g/mol. The fourth-order valence-corrected chi connectivity index (χ4v) is 2.72. The van der Waals surface area contributed by atoms with E-state index in [4.69, 9.17) is 4.74 Å². The van der Waals surface area contributed by atoms with E-state index in [-0.39, 0.29) is 24.6 Å². The molecule has 0 N–H and O–H groups in total. The van der Waals surface area contributed by atoms with Gasteiger partial charge in [-0.25, -0.2) is 0 Å². The second-order valence-corrected chi connectivity index (χ2v) is 5.83. The van der Waals surface area contributed by atoms with Crippen LogP contribution in [0.5, 0.6) is 0 Å². The number of anilines is 1. The topological polar surface area (TPSA) is 89.8 Å². The first-order valence-corrected chi connectivity index (χ1v) is 8.26. The molecule has 130 valence electrons. The summed E-state index contributed by atoms with van der Waals surface area (Å²) in [6, 6.07) is 4.34. The van der Waals surface area contributed by atoms with E-state index in [9.17, 15) is 19.7 Å². The zero-order valence-corrected chi connectivity index (χ0v) is 13.8. The molecule has 0 spiro atoms. The Bertz CT molecular complexity index is 629. The predicted molar refractivity (Wildman–Crippen MR) is 88.9 cm³/mol. The number of hydrogen-bond donors (Lipinski definition) is 0. The van der Waals surface area contributed by atoms with Crippen LogP contribution in [-0.2, 0) is 20.7 Å². The zero-order chi connectivity index (χ0) is 17.5. The molecule has 1 amide bonds. The Morgan fingerprint density at radius 2 is 2.08 bits per heavy atom. The molecule has 1 aromatic rings. The first-order valence-electron chi connectivity index (χ1n) is 8.26. The summed E-state index contributed by atoms with van der Waals surface area (Å²) in [6.07, 6.45) is 4.72. The van der Waals surface area contributed by atoms with Gasteiger partial charge in [0.05, 0.1) is 11.5 Å². The average molecular weight is 334 g/mol. The van der Waals surface area contributed by atoms with Gasteiger partial charge in [0.2, 0.25) is 5.91 Å². The molecule has 0 atom stereocenters. The minimum Gasteiger partial charge on any atom is -0.464 e. The van der Waals surface area contributed by atoms with E-state index in [2.05, 4.69) is 6.92 Å². The van der Waals surface area contributed by atoms with Crippen LogP contribution in [0.25, 0.3) is 0 Å². The first-order chi connectivity index (χ1) is 11.5. The molecule has 0 aliphatic carbocycles. The summed E-state index contributed by atoms with van der Waals surface area (Å²) in [5.41, 5.74) is 1.25. The quantitative estimate of drug-likeness (QED) is 0.315. The molecule has 0 radical (unpaired) electrons. The van der Waals surface area contributed by atoms with E-state index >= 15 is 0 Å². The van der Waals surface area contributed by atoms with Gasteiger partial charge in [0.25, 0.3) is 5.69 Å². The van der Waals surface area contributed by atoms with Crippen molar-refractivity contribution < 1.29 is 19.2 Å². The molecule has 0 unspecified atom stereocenters. The van der Waals surface area contributed by atoms with Crippen LogP contribution in [0.3, 0.4) is 0 Å². The highest BCUT2D eigenvalue weighted by molar-refractivity contribution is 6.00. The lowest BCUT2D eigenvalue weighted by Gasteiger charge is -2.28. The Labute approximate surface area is 140 Å². The molecule has 0 saturated heterocycles. The van der Waals surface area contributed by atoms with Gasteiger partial charge < -0.3 is 9.64 Å². The molecule has 2 rings (SSSR count). The Morgan fingerprint density at radius 3 is 2.79 bits per heavy atom. The number of amides is 1. The number of rotatable bonds is 8. The normalized spacial score (nSPS) is 13.5. The third kappa shape index (κ3) is 4.53. The van der Waals surface area contributed by atoms with Crippen molar-refractivity contribution in [3.8, 4) is 0 Å². The van der Waals surface area contributed by atoms with Gasteiger partial charge in [-0.05, 0) is 24.5 Å². The maximum atomic E-state index is 12.1. The molecule has 1 aliphatic heterocycles. The fourth-order valence-electron chi connectivity index (χ4n) is 2.72. The van der Waals surface area contributed by atoms with E-state index in [0.29, 0.717) is 24.3 Å². The smallest absolute Gasteiger partial charge is 0.326 e. The number of ether oxygens (including phenoxy) is 1. The molecule has 1 aliphatic rings. The van der Waals surface area contributed by atoms with Crippen LogP contribution < -0.4 is 4.90 Å². The molecule has 1 aromatic carbocycles. The third-order valence-corrected chi connectivity index (χ3v) is 4.02. The lowest BCUT2D eigenvalue weighted by atomic mass is 10.0. The number of unbranched alkanes of at least 4 members (excludes halogenated alkanes) is 3. The average Bonchev–Trinajstić information content (AvgIpc) is 2.56. The molecule has 0 aromatic heterocycles. The van der Waals surface area contributed by atoms with Crippen LogP contribution in [0.4, 0.5) is 11.4 Å². The Balaban J connectivity index is 1.99. The summed E-state index contributed by atoms with van der Waals surface area (Å²) in [4.78, 5) is 35.8. The summed E-state index contributed by atoms with van der Waals surface area (Å²) in [5.74, 6) is -0.620. The molecule has 0 fully saturated rings. The van der Waals surface area contributed by atoms with Crippen molar-refractivity contribution >= 4 is 23.3 Å². The minimum atomic E-state index is -0.467. The van der Waals surface area contributed by atoms with E-state index in [1.54, 1.807) is 0 Å². The number of nitro benzene ring substituents is 1. The van der Waals surface area contributed by atoms with Crippen molar-refractivity contribution in [1.82, 2.24) is 0 Å². The monoisotopic (exact) mass is 334 g/mol. The van der Waals surface area contributed by atoms with Crippen LogP contribution in [0.1, 0.15) is 44.6 Å². The SMILES string of the molecule is CCCCCCOC(=O)CN1C(=O)CCc2cc([N+](=O)[O-])ccc21. The summed E-state index contributed by atoms with van der Waals surface area (Å²) in [7, 11) is 0. The number of nitrogens with zero attached hydrogens (tertiary/aromatic N) is 2. The first kappa shape index (κ1) is 17.9. The van der Waals surface area contributed by atoms with Crippen LogP contribution in [0.15, 0.2) is 18.2 Å². The van der Waals surface area contributed by atoms with E-state index < -0.39 is 10.9 Å². The van der Waals surface area contributed by atoms with E-state index in [0.717, 1.165) is 25.7 Å². The van der Waals surface area contributed by atoms with Crippen molar-refractivity contribution in [3.63, 3.8) is 0 Å². The van der Waals surface area contributed by atoms with Crippen molar-refractivity contribution in [1.29, 1.82) is 0 Å². The number of fused-ring (bicyclic) bond motifs is 1. The lowest BCUT2D eigenvalue weighted by Crippen LogP contribution is -2.39. The number of hydrogen-bond acceptors (Lipinski definition) is 5. The molecule has 24 heavy (non-hydrogen) atoms. The number of carbonyl (C=O) groups excluding carboxylic acids is 2. The van der Waals surface area contributed by atoms with Gasteiger partial charge in [-0.2, -0.15) is 0 Å². The second kappa shape index (κ2) is 8.42. The zero-order valence-electron chi connectivity index (χ0n) is 13.8. The highest BCUT2D eigenvalue weighted by Gasteiger charge is 2.27. The molecule has 0 bridgehead atoms. The Morgan fingerprint density at radius 1 is 1.29 bits per heavy atom. The second-order valence-electron chi connectivity index (χ2n) is 5.83. The van der Waals surface area contributed by atoms with Crippen LogP contribution >= 0.6 is 0 Å². The van der Waals surface area contributed by atoms with Crippen molar-refractivity contribution in [2.45, 2.75) is 45.4 Å². The van der Waals surface area contributed by atoms with Gasteiger partial charge >= 0.3 is 5.97 Å². The number of benzene rings is 1. The molecular formula is C17H22N2O5. The maximum Gasteiger partial charge on any atom is 0.326 e. The van der Waals surface area contributed by atoms with Gasteiger partial charge in [-0.1, -0.05) is 26.2 Å². The van der Waals surface area contributed by atoms with Gasteiger partial charge in [-0.15, -0.1) is 0 Å². The largest absolute Gasteiger partial charge is 0.464 e. The van der Waals surface area contributed by atoms with Crippen molar-refractivity contribution in [2.75, 3.05) is 18.1 Å². The minimum absolute atomic E-state index is 0.0125. The Hall–Kier alpha value is -2.44. The maximum absolute atomic E-state index is 12.1. The molecule has 7 heteroatoms. The number of nitro groups is 1. The Kier molecular flexibility index (Phi) is 6.28. The predicted octanol–water partition coefficient (Wildman–Crippen LogP) is 3.00. The summed E-state index contributed by atoms with van der Waals surface area (Å²) < 4.78 is 5.18. The number of non-ortho nitro benzene ring substituents is 1. The van der Waals surface area contributed by atoms with Gasteiger partial charge in [0, 0.05) is 24.2 Å². The van der Waals surface area contributed by atoms with Crippen molar-refractivity contribution in [3.05, 3.63) is 33.9 Å². The summed E-state index contributed by atoms with van der Waals surface area (Å²) >= 11 is 0.